The predicted molar refractivity (Wildman–Crippen MR) is 73.1 cm³/mol. The van der Waals surface area contributed by atoms with E-state index in [2.05, 4.69) is 25.2 Å². The van der Waals surface area contributed by atoms with Crippen LogP contribution in [0.25, 0.3) is 0 Å². The second kappa shape index (κ2) is 5.02. The van der Waals surface area contributed by atoms with Crippen molar-refractivity contribution in [2.24, 2.45) is 0 Å². The number of hydrogen-bond acceptors (Lipinski definition) is 5. The van der Waals surface area contributed by atoms with Crippen molar-refractivity contribution in [2.75, 3.05) is 18.0 Å². The summed E-state index contributed by atoms with van der Waals surface area (Å²) in [6, 6.07) is 2.00. The highest BCUT2D eigenvalue weighted by atomic mass is 32.1. The number of piperidine rings is 1. The molecular formula is C13H16N4S. The Kier molecular flexibility index (Phi) is 3.23. The summed E-state index contributed by atoms with van der Waals surface area (Å²) in [5.74, 6) is 2.43. The summed E-state index contributed by atoms with van der Waals surface area (Å²) < 4.78 is 0. The van der Waals surface area contributed by atoms with Gasteiger partial charge in [0.25, 0.3) is 0 Å². The largest absolute Gasteiger partial charge is 0.356 e. The minimum Gasteiger partial charge on any atom is -0.356 e. The molecule has 3 heterocycles. The molecule has 0 bridgehead atoms. The summed E-state index contributed by atoms with van der Waals surface area (Å²) in [5, 5.41) is 3.31. The second-order valence-corrected chi connectivity index (χ2v) is 5.54. The van der Waals surface area contributed by atoms with Crippen LogP contribution >= 0.6 is 11.3 Å². The molecule has 18 heavy (non-hydrogen) atoms. The Balaban J connectivity index is 1.78. The molecule has 0 N–H and O–H groups in total. The van der Waals surface area contributed by atoms with Crippen molar-refractivity contribution < 1.29 is 0 Å². The van der Waals surface area contributed by atoms with E-state index in [9.17, 15) is 0 Å². The monoisotopic (exact) mass is 260 g/mol. The lowest BCUT2D eigenvalue weighted by Crippen LogP contribution is -2.35. The van der Waals surface area contributed by atoms with E-state index in [0.717, 1.165) is 24.7 Å². The highest BCUT2D eigenvalue weighted by Crippen LogP contribution is 2.30. The van der Waals surface area contributed by atoms with Crippen molar-refractivity contribution in [1.29, 1.82) is 0 Å². The SMILES string of the molecule is Cc1nccc(N2CCC[C@H](c3nccs3)C2)n1. The van der Waals surface area contributed by atoms with E-state index in [4.69, 9.17) is 0 Å². The van der Waals surface area contributed by atoms with E-state index < -0.39 is 0 Å². The molecule has 2 aromatic rings. The van der Waals surface area contributed by atoms with Crippen molar-refractivity contribution in [3.05, 3.63) is 34.7 Å². The van der Waals surface area contributed by atoms with Gasteiger partial charge in [0.2, 0.25) is 0 Å². The molecule has 0 radical (unpaired) electrons. The average molecular weight is 260 g/mol. The lowest BCUT2D eigenvalue weighted by Gasteiger charge is -2.32. The molecule has 1 aliphatic rings. The van der Waals surface area contributed by atoms with Crippen LogP contribution in [0.1, 0.15) is 29.6 Å². The number of rotatable bonds is 2. The Morgan fingerprint density at radius 3 is 3.06 bits per heavy atom. The fourth-order valence-corrected chi connectivity index (χ4v) is 3.21. The van der Waals surface area contributed by atoms with Gasteiger partial charge in [0.15, 0.2) is 0 Å². The van der Waals surface area contributed by atoms with E-state index in [0.29, 0.717) is 5.92 Å². The summed E-state index contributed by atoms with van der Waals surface area (Å²) in [5.41, 5.74) is 0. The van der Waals surface area contributed by atoms with E-state index in [1.165, 1.54) is 17.8 Å². The average Bonchev–Trinajstić information content (AvgIpc) is 2.93. The molecule has 0 spiro atoms. The van der Waals surface area contributed by atoms with Gasteiger partial charge < -0.3 is 4.90 Å². The number of nitrogens with zero attached hydrogens (tertiary/aromatic N) is 4. The summed E-state index contributed by atoms with van der Waals surface area (Å²) in [6.07, 6.45) is 6.17. The van der Waals surface area contributed by atoms with Gasteiger partial charge >= 0.3 is 0 Å². The van der Waals surface area contributed by atoms with Crippen LogP contribution in [0.5, 0.6) is 0 Å². The van der Waals surface area contributed by atoms with Gasteiger partial charge in [-0.1, -0.05) is 0 Å². The lowest BCUT2D eigenvalue weighted by atomic mass is 9.99. The first-order valence-corrected chi connectivity index (χ1v) is 7.15. The first kappa shape index (κ1) is 11.6. The van der Waals surface area contributed by atoms with Gasteiger partial charge in [0.1, 0.15) is 11.6 Å². The van der Waals surface area contributed by atoms with E-state index in [-0.39, 0.29) is 0 Å². The van der Waals surface area contributed by atoms with Crippen LogP contribution in [0.15, 0.2) is 23.8 Å². The van der Waals surface area contributed by atoms with Crippen LogP contribution in [0.4, 0.5) is 5.82 Å². The van der Waals surface area contributed by atoms with E-state index >= 15 is 0 Å². The Hall–Kier alpha value is -1.49. The van der Waals surface area contributed by atoms with Crippen LogP contribution in [0, 0.1) is 6.92 Å². The molecule has 0 saturated carbocycles. The Labute approximate surface area is 111 Å². The lowest BCUT2D eigenvalue weighted by molar-refractivity contribution is 0.505. The highest BCUT2D eigenvalue weighted by molar-refractivity contribution is 7.09. The van der Waals surface area contributed by atoms with E-state index in [1.807, 2.05) is 25.4 Å². The number of aryl methyl sites for hydroxylation is 1. The van der Waals surface area contributed by atoms with Gasteiger partial charge in [-0.15, -0.1) is 11.3 Å². The molecule has 5 heteroatoms. The second-order valence-electron chi connectivity index (χ2n) is 4.62. The van der Waals surface area contributed by atoms with Crippen molar-refractivity contribution in [1.82, 2.24) is 15.0 Å². The minimum absolute atomic E-state index is 0.550. The quantitative estimate of drug-likeness (QED) is 0.832. The zero-order valence-corrected chi connectivity index (χ0v) is 11.2. The molecule has 0 aliphatic carbocycles. The number of thiazole rings is 1. The van der Waals surface area contributed by atoms with Crippen LogP contribution in [-0.4, -0.2) is 28.0 Å². The van der Waals surface area contributed by atoms with Crippen molar-refractivity contribution in [2.45, 2.75) is 25.7 Å². The molecule has 0 aromatic carbocycles. The van der Waals surface area contributed by atoms with Gasteiger partial charge in [-0.25, -0.2) is 15.0 Å². The number of hydrogen-bond donors (Lipinski definition) is 0. The summed E-state index contributed by atoms with van der Waals surface area (Å²) in [4.78, 5) is 15.5. The Morgan fingerprint density at radius 2 is 2.28 bits per heavy atom. The zero-order valence-electron chi connectivity index (χ0n) is 10.4. The fraction of sp³-hybridized carbons (Fsp3) is 0.462. The molecule has 1 atom stereocenters. The highest BCUT2D eigenvalue weighted by Gasteiger charge is 2.23. The first-order chi connectivity index (χ1) is 8.83. The third kappa shape index (κ3) is 2.36. The molecule has 1 saturated heterocycles. The van der Waals surface area contributed by atoms with Gasteiger partial charge in [-0.3, -0.25) is 0 Å². The third-order valence-corrected chi connectivity index (χ3v) is 4.25. The maximum Gasteiger partial charge on any atom is 0.132 e. The fourth-order valence-electron chi connectivity index (χ4n) is 2.44. The molecular weight excluding hydrogens is 244 g/mol. The molecule has 1 aliphatic heterocycles. The van der Waals surface area contributed by atoms with Crippen LogP contribution < -0.4 is 4.90 Å². The molecule has 2 aromatic heterocycles. The summed E-state index contributed by atoms with van der Waals surface area (Å²) in [7, 11) is 0. The van der Waals surface area contributed by atoms with Crippen LogP contribution in [0.3, 0.4) is 0 Å². The van der Waals surface area contributed by atoms with Crippen LogP contribution in [0.2, 0.25) is 0 Å². The number of aromatic nitrogens is 3. The molecule has 3 rings (SSSR count). The smallest absolute Gasteiger partial charge is 0.132 e. The third-order valence-electron chi connectivity index (χ3n) is 3.31. The first-order valence-electron chi connectivity index (χ1n) is 6.27. The molecule has 0 amide bonds. The van der Waals surface area contributed by atoms with Crippen molar-refractivity contribution in [3.63, 3.8) is 0 Å². The summed E-state index contributed by atoms with van der Waals surface area (Å²) >= 11 is 1.76. The Bertz CT molecular complexity index is 511. The maximum absolute atomic E-state index is 4.51. The minimum atomic E-state index is 0.550. The zero-order chi connectivity index (χ0) is 12.4. The van der Waals surface area contributed by atoms with Crippen molar-refractivity contribution >= 4 is 17.2 Å². The van der Waals surface area contributed by atoms with Crippen LogP contribution in [-0.2, 0) is 0 Å². The maximum atomic E-state index is 4.51. The van der Waals surface area contributed by atoms with Gasteiger partial charge in [-0.2, -0.15) is 0 Å². The molecule has 0 unspecified atom stereocenters. The van der Waals surface area contributed by atoms with Crippen molar-refractivity contribution in [3.8, 4) is 0 Å². The van der Waals surface area contributed by atoms with Gasteiger partial charge in [0.05, 0.1) is 5.01 Å². The topological polar surface area (TPSA) is 41.9 Å². The van der Waals surface area contributed by atoms with E-state index in [1.54, 1.807) is 11.3 Å². The Morgan fingerprint density at radius 1 is 1.33 bits per heavy atom. The normalized spacial score (nSPS) is 20.1. The predicted octanol–water partition coefficient (Wildman–Crippen LogP) is 2.63. The molecule has 4 nitrogen and oxygen atoms in total. The van der Waals surface area contributed by atoms with Gasteiger partial charge in [-0.05, 0) is 25.8 Å². The molecule has 1 fully saturated rings. The standard InChI is InChI=1S/C13H16N4S/c1-10-14-5-4-12(16-10)17-7-2-3-11(9-17)13-15-6-8-18-13/h4-6,8,11H,2-3,7,9H2,1H3/t11-/m0/s1. The molecule has 94 valence electrons. The summed E-state index contributed by atoms with van der Waals surface area (Å²) in [6.45, 7) is 4.04. The number of anilines is 1. The van der Waals surface area contributed by atoms with Gasteiger partial charge in [0, 0.05) is 36.8 Å².